The monoisotopic (exact) mass is 335 g/mol. The molecule has 1 N–H and O–H groups in total. The maximum Gasteiger partial charge on any atom is 0.279 e. The maximum absolute atomic E-state index is 14.0. The molecule has 1 aromatic carbocycles. The third kappa shape index (κ3) is 3.34. The number of nitrogens with one attached hydrogen (secondary N) is 1. The van der Waals surface area contributed by atoms with Gasteiger partial charge in [0.1, 0.15) is 17.2 Å². The van der Waals surface area contributed by atoms with E-state index in [1.807, 2.05) is 0 Å². The molecule has 5 nitrogen and oxygen atoms in total. The van der Waals surface area contributed by atoms with Gasteiger partial charge in [-0.15, -0.1) is 0 Å². The Labute approximate surface area is 138 Å². The van der Waals surface area contributed by atoms with Crippen molar-refractivity contribution in [3.8, 4) is 0 Å². The van der Waals surface area contributed by atoms with Crippen LogP contribution in [0.1, 0.15) is 46.6 Å². The van der Waals surface area contributed by atoms with E-state index in [9.17, 15) is 18.4 Å². The molecular formula is C17H19F2N3O2. The van der Waals surface area contributed by atoms with E-state index in [0.29, 0.717) is 17.7 Å². The number of amides is 1. The van der Waals surface area contributed by atoms with Crippen LogP contribution in [0.15, 0.2) is 23.0 Å². The Morgan fingerprint density at radius 3 is 2.58 bits per heavy atom. The molecule has 0 aliphatic rings. The minimum atomic E-state index is -0.738. The molecule has 0 aliphatic heterocycles. The van der Waals surface area contributed by atoms with Crippen LogP contribution < -0.4 is 10.9 Å². The molecule has 0 fully saturated rings. The van der Waals surface area contributed by atoms with Crippen LogP contribution in [0.4, 0.5) is 8.78 Å². The van der Waals surface area contributed by atoms with Crippen molar-refractivity contribution in [1.82, 2.24) is 15.1 Å². The molecule has 1 aromatic heterocycles. The summed E-state index contributed by atoms with van der Waals surface area (Å²) in [6, 6.07) is 2.52. The molecule has 0 spiro atoms. The lowest BCUT2D eigenvalue weighted by molar-refractivity contribution is 0.0931. The Morgan fingerprint density at radius 2 is 2.00 bits per heavy atom. The molecule has 0 saturated heterocycles. The van der Waals surface area contributed by atoms with Crippen molar-refractivity contribution in [2.24, 2.45) is 7.05 Å². The highest BCUT2D eigenvalue weighted by Crippen LogP contribution is 2.21. The minimum Gasteiger partial charge on any atom is -0.345 e. The van der Waals surface area contributed by atoms with Crippen molar-refractivity contribution >= 4 is 5.91 Å². The maximum atomic E-state index is 14.0. The van der Waals surface area contributed by atoms with Gasteiger partial charge in [0.25, 0.3) is 11.5 Å². The van der Waals surface area contributed by atoms with Crippen molar-refractivity contribution < 1.29 is 13.6 Å². The van der Waals surface area contributed by atoms with Crippen LogP contribution in [-0.4, -0.2) is 15.7 Å². The van der Waals surface area contributed by atoms with E-state index in [0.717, 1.165) is 16.8 Å². The first kappa shape index (κ1) is 17.8. The van der Waals surface area contributed by atoms with Gasteiger partial charge in [0.2, 0.25) is 0 Å². The van der Waals surface area contributed by atoms with Crippen LogP contribution >= 0.6 is 0 Å². The second kappa shape index (κ2) is 6.90. The van der Waals surface area contributed by atoms with Crippen molar-refractivity contribution in [1.29, 1.82) is 0 Å². The van der Waals surface area contributed by atoms with E-state index < -0.39 is 29.1 Å². The van der Waals surface area contributed by atoms with E-state index in [1.54, 1.807) is 20.8 Å². The summed E-state index contributed by atoms with van der Waals surface area (Å²) in [5.41, 5.74) is 0.664. The Bertz CT molecular complexity index is 846. The first-order valence-corrected chi connectivity index (χ1v) is 7.56. The van der Waals surface area contributed by atoms with Gasteiger partial charge in [0, 0.05) is 18.7 Å². The summed E-state index contributed by atoms with van der Waals surface area (Å²) in [7, 11) is 1.46. The second-order valence-electron chi connectivity index (χ2n) is 5.61. The van der Waals surface area contributed by atoms with Crippen molar-refractivity contribution in [2.75, 3.05) is 0 Å². The summed E-state index contributed by atoms with van der Waals surface area (Å²) in [5.74, 6) is -2.03. The van der Waals surface area contributed by atoms with Gasteiger partial charge in [-0.25, -0.2) is 13.5 Å². The summed E-state index contributed by atoms with van der Waals surface area (Å²) in [6.07, 6.45) is 0.387. The zero-order valence-corrected chi connectivity index (χ0v) is 14.0. The molecule has 128 valence electrons. The predicted molar refractivity (Wildman–Crippen MR) is 85.8 cm³/mol. The summed E-state index contributed by atoms with van der Waals surface area (Å²) in [6.45, 7) is 5.09. The number of hydrogen-bond donors (Lipinski definition) is 1. The molecule has 0 bridgehead atoms. The smallest absolute Gasteiger partial charge is 0.279 e. The number of rotatable bonds is 4. The normalized spacial score (nSPS) is 12.1. The fraction of sp³-hybridized carbons (Fsp3) is 0.353. The van der Waals surface area contributed by atoms with Crippen LogP contribution in [0.3, 0.4) is 0 Å². The van der Waals surface area contributed by atoms with Crippen LogP contribution in [0.2, 0.25) is 0 Å². The number of halogens is 2. The van der Waals surface area contributed by atoms with Crippen LogP contribution in [0, 0.1) is 25.5 Å². The van der Waals surface area contributed by atoms with Gasteiger partial charge in [-0.2, -0.15) is 5.10 Å². The lowest BCUT2D eigenvalue weighted by Crippen LogP contribution is -2.37. The fourth-order valence-corrected chi connectivity index (χ4v) is 2.53. The number of aromatic nitrogens is 2. The molecule has 24 heavy (non-hydrogen) atoms. The predicted octanol–water partition coefficient (Wildman–Crippen LogP) is 2.56. The zero-order chi connectivity index (χ0) is 18.0. The molecule has 0 aliphatic carbocycles. The quantitative estimate of drug-likeness (QED) is 0.934. The van der Waals surface area contributed by atoms with E-state index in [4.69, 9.17) is 0 Å². The Morgan fingerprint density at radius 1 is 1.33 bits per heavy atom. The number of aryl methyl sites for hydroxylation is 2. The molecule has 7 heteroatoms. The van der Waals surface area contributed by atoms with Gasteiger partial charge < -0.3 is 5.32 Å². The number of nitrogens with zero attached hydrogens (tertiary/aromatic N) is 2. The molecule has 2 aromatic rings. The van der Waals surface area contributed by atoms with Gasteiger partial charge in [0.05, 0.1) is 11.7 Å². The first-order chi connectivity index (χ1) is 11.3. The van der Waals surface area contributed by atoms with Crippen LogP contribution in [0.5, 0.6) is 0 Å². The fourth-order valence-electron chi connectivity index (χ4n) is 2.53. The van der Waals surface area contributed by atoms with E-state index in [2.05, 4.69) is 10.4 Å². The van der Waals surface area contributed by atoms with Gasteiger partial charge in [-0.1, -0.05) is 13.0 Å². The largest absolute Gasteiger partial charge is 0.345 e. The molecule has 2 rings (SSSR count). The molecule has 1 atom stereocenters. The zero-order valence-electron chi connectivity index (χ0n) is 14.0. The highest BCUT2D eigenvalue weighted by Gasteiger charge is 2.22. The molecule has 0 saturated carbocycles. The molecule has 0 radical (unpaired) electrons. The summed E-state index contributed by atoms with van der Waals surface area (Å²) in [5, 5.41) is 6.67. The number of carbonyl (C=O) groups is 1. The van der Waals surface area contributed by atoms with Gasteiger partial charge in [-0.3, -0.25) is 9.59 Å². The average molecular weight is 335 g/mol. The number of benzene rings is 1. The first-order valence-electron chi connectivity index (χ1n) is 7.56. The SMILES string of the molecule is CC[C@@H](NC(=O)c1c(C)c(C)nn(C)c1=O)c1ccc(F)cc1F. The highest BCUT2D eigenvalue weighted by atomic mass is 19.1. The van der Waals surface area contributed by atoms with Crippen LogP contribution in [-0.2, 0) is 7.05 Å². The summed E-state index contributed by atoms with van der Waals surface area (Å²) in [4.78, 5) is 24.8. The van der Waals surface area contributed by atoms with Gasteiger partial charge in [0.15, 0.2) is 0 Å². The molecule has 1 heterocycles. The third-order valence-corrected chi connectivity index (χ3v) is 4.00. The minimum absolute atomic E-state index is 0.0223. The average Bonchev–Trinajstić information content (AvgIpc) is 2.51. The van der Waals surface area contributed by atoms with E-state index in [1.165, 1.54) is 13.1 Å². The number of hydrogen-bond acceptors (Lipinski definition) is 3. The van der Waals surface area contributed by atoms with Gasteiger partial charge >= 0.3 is 0 Å². The van der Waals surface area contributed by atoms with E-state index in [-0.39, 0.29) is 11.1 Å². The Hall–Kier alpha value is -2.57. The highest BCUT2D eigenvalue weighted by molar-refractivity contribution is 5.95. The number of carbonyl (C=O) groups excluding carboxylic acids is 1. The Kier molecular flexibility index (Phi) is 5.11. The standard InChI is InChI=1S/C17H19F2N3O2/c1-5-14(12-7-6-11(18)8-13(12)19)20-16(23)15-9(2)10(3)21-22(4)17(15)24/h6-8,14H,5H2,1-4H3,(H,20,23)/t14-/m1/s1. The van der Waals surface area contributed by atoms with Crippen molar-refractivity contribution in [3.63, 3.8) is 0 Å². The summed E-state index contributed by atoms with van der Waals surface area (Å²) < 4.78 is 28.1. The van der Waals surface area contributed by atoms with Gasteiger partial charge in [-0.05, 0) is 31.9 Å². The lowest BCUT2D eigenvalue weighted by atomic mass is 10.0. The second-order valence-corrected chi connectivity index (χ2v) is 5.61. The topological polar surface area (TPSA) is 64.0 Å². The molecular weight excluding hydrogens is 316 g/mol. The third-order valence-electron chi connectivity index (χ3n) is 4.00. The lowest BCUT2D eigenvalue weighted by Gasteiger charge is -2.19. The molecule has 0 unspecified atom stereocenters. The Balaban J connectivity index is 2.39. The van der Waals surface area contributed by atoms with Crippen LogP contribution in [0.25, 0.3) is 0 Å². The molecule has 1 amide bonds. The van der Waals surface area contributed by atoms with Crippen molar-refractivity contribution in [3.05, 3.63) is 62.6 Å². The summed E-state index contributed by atoms with van der Waals surface area (Å²) >= 11 is 0. The van der Waals surface area contributed by atoms with Crippen molar-refractivity contribution in [2.45, 2.75) is 33.2 Å². The van der Waals surface area contributed by atoms with E-state index >= 15 is 0 Å².